The van der Waals surface area contributed by atoms with Crippen molar-refractivity contribution in [3.63, 3.8) is 0 Å². The van der Waals surface area contributed by atoms with Crippen molar-refractivity contribution in [3.8, 4) is 0 Å². The van der Waals surface area contributed by atoms with Gasteiger partial charge in [-0.1, -0.05) is 13.8 Å². The van der Waals surface area contributed by atoms with E-state index in [4.69, 9.17) is 0 Å². The van der Waals surface area contributed by atoms with Crippen molar-refractivity contribution < 1.29 is 4.79 Å². The Labute approximate surface area is 157 Å². The Morgan fingerprint density at radius 3 is 2.65 bits per heavy atom. The highest BCUT2D eigenvalue weighted by Crippen LogP contribution is 2.32. The summed E-state index contributed by atoms with van der Waals surface area (Å²) in [6.07, 6.45) is 3.56. The third-order valence-electron chi connectivity index (χ3n) is 4.59. The lowest BCUT2D eigenvalue weighted by Gasteiger charge is -2.24. The van der Waals surface area contributed by atoms with Gasteiger partial charge in [-0.2, -0.15) is 5.10 Å². The molecule has 6 nitrogen and oxygen atoms in total. The van der Waals surface area contributed by atoms with Gasteiger partial charge in [-0.15, -0.1) is 11.3 Å². The van der Waals surface area contributed by atoms with Gasteiger partial charge in [0.2, 0.25) is 5.91 Å². The molecule has 3 aromatic rings. The first-order chi connectivity index (χ1) is 12.3. The van der Waals surface area contributed by atoms with E-state index in [1.807, 2.05) is 33.9 Å². The summed E-state index contributed by atoms with van der Waals surface area (Å²) < 4.78 is 1.67. The molecule has 0 saturated heterocycles. The van der Waals surface area contributed by atoms with Crippen LogP contribution in [0, 0.1) is 13.8 Å². The van der Waals surface area contributed by atoms with E-state index in [1.165, 1.54) is 0 Å². The average molecular weight is 372 g/mol. The van der Waals surface area contributed by atoms with Crippen molar-refractivity contribution in [2.45, 2.75) is 53.1 Å². The molecule has 0 aliphatic heterocycles. The molecule has 1 amide bonds. The molecule has 138 valence electrons. The van der Waals surface area contributed by atoms with E-state index in [1.54, 1.807) is 33.3 Å². The first kappa shape index (κ1) is 18.5. The Morgan fingerprint density at radius 1 is 1.27 bits per heavy atom. The highest BCUT2D eigenvalue weighted by molar-refractivity contribution is 7.11. The average Bonchev–Trinajstić information content (AvgIpc) is 3.17. The van der Waals surface area contributed by atoms with Crippen LogP contribution in [0.4, 0.5) is 0 Å². The largest absolute Gasteiger partial charge is 0.337 e. The SMILES string of the molecule is Cc1cnc2c(cnn2CC(=O)N(C)C(C)c2sc(C(C)C)nc2C)c1. The number of likely N-dealkylation sites (N-methyl/N-ethyl adjacent to an activating group) is 1. The molecule has 1 unspecified atom stereocenters. The Balaban J connectivity index is 1.78. The first-order valence-electron chi connectivity index (χ1n) is 8.79. The second kappa shape index (κ2) is 7.15. The second-order valence-electron chi connectivity index (χ2n) is 7.06. The van der Waals surface area contributed by atoms with E-state index in [9.17, 15) is 4.79 Å². The van der Waals surface area contributed by atoms with Gasteiger partial charge in [0.25, 0.3) is 0 Å². The maximum Gasteiger partial charge on any atom is 0.244 e. The number of fused-ring (bicyclic) bond motifs is 1. The minimum Gasteiger partial charge on any atom is -0.337 e. The number of amides is 1. The van der Waals surface area contributed by atoms with Gasteiger partial charge < -0.3 is 4.90 Å². The molecule has 3 rings (SSSR count). The summed E-state index contributed by atoms with van der Waals surface area (Å²) in [6.45, 7) is 10.5. The van der Waals surface area contributed by atoms with Gasteiger partial charge in [-0.25, -0.2) is 14.6 Å². The normalized spacial score (nSPS) is 12.7. The lowest BCUT2D eigenvalue weighted by atomic mass is 10.2. The summed E-state index contributed by atoms with van der Waals surface area (Å²) in [5.41, 5.74) is 2.82. The smallest absolute Gasteiger partial charge is 0.244 e. The summed E-state index contributed by atoms with van der Waals surface area (Å²) in [4.78, 5) is 24.8. The molecule has 0 aliphatic rings. The molecule has 0 saturated carbocycles. The fourth-order valence-electron chi connectivity index (χ4n) is 2.89. The fourth-order valence-corrected chi connectivity index (χ4v) is 4.06. The number of pyridine rings is 1. The number of hydrogen-bond donors (Lipinski definition) is 0. The van der Waals surface area contributed by atoms with E-state index in [0.29, 0.717) is 5.92 Å². The van der Waals surface area contributed by atoms with Gasteiger partial charge >= 0.3 is 0 Å². The number of hydrogen-bond acceptors (Lipinski definition) is 5. The van der Waals surface area contributed by atoms with Crippen LogP contribution in [0.3, 0.4) is 0 Å². The molecule has 26 heavy (non-hydrogen) atoms. The molecule has 0 fully saturated rings. The number of nitrogens with zero attached hydrogens (tertiary/aromatic N) is 5. The molecule has 1 atom stereocenters. The number of aromatic nitrogens is 4. The lowest BCUT2D eigenvalue weighted by molar-refractivity contribution is -0.132. The lowest BCUT2D eigenvalue weighted by Crippen LogP contribution is -2.32. The summed E-state index contributed by atoms with van der Waals surface area (Å²) in [7, 11) is 1.84. The third kappa shape index (κ3) is 3.49. The second-order valence-corrected chi connectivity index (χ2v) is 8.13. The zero-order valence-corrected chi connectivity index (χ0v) is 17.0. The fraction of sp³-hybridized carbons (Fsp3) is 0.474. The van der Waals surface area contributed by atoms with Crippen LogP contribution in [0.5, 0.6) is 0 Å². The van der Waals surface area contributed by atoms with Crippen LogP contribution in [-0.2, 0) is 11.3 Å². The van der Waals surface area contributed by atoms with Gasteiger partial charge in [0.1, 0.15) is 6.54 Å². The summed E-state index contributed by atoms with van der Waals surface area (Å²) in [5.74, 6) is 0.398. The van der Waals surface area contributed by atoms with Gasteiger partial charge in [-0.05, 0) is 32.4 Å². The number of thiazole rings is 1. The maximum absolute atomic E-state index is 12.8. The predicted octanol–water partition coefficient (Wildman–Crippen LogP) is 3.85. The number of rotatable bonds is 5. The Kier molecular flexibility index (Phi) is 5.09. The van der Waals surface area contributed by atoms with Crippen molar-refractivity contribution in [3.05, 3.63) is 39.6 Å². The van der Waals surface area contributed by atoms with Crippen molar-refractivity contribution in [2.75, 3.05) is 7.05 Å². The first-order valence-corrected chi connectivity index (χ1v) is 9.60. The minimum absolute atomic E-state index is 0.00349. The van der Waals surface area contributed by atoms with E-state index >= 15 is 0 Å². The van der Waals surface area contributed by atoms with Gasteiger partial charge in [0, 0.05) is 29.4 Å². The van der Waals surface area contributed by atoms with E-state index < -0.39 is 0 Å². The maximum atomic E-state index is 12.8. The van der Waals surface area contributed by atoms with Crippen molar-refractivity contribution in [1.82, 2.24) is 24.6 Å². The Morgan fingerprint density at radius 2 is 2.00 bits per heavy atom. The molecule has 0 bridgehead atoms. The highest BCUT2D eigenvalue weighted by Gasteiger charge is 2.23. The molecule has 7 heteroatoms. The quantitative estimate of drug-likeness (QED) is 0.683. The van der Waals surface area contributed by atoms with Crippen LogP contribution in [-0.4, -0.2) is 37.6 Å². The molecule has 0 aliphatic carbocycles. The van der Waals surface area contributed by atoms with Crippen molar-refractivity contribution in [1.29, 1.82) is 0 Å². The molecule has 0 spiro atoms. The third-order valence-corrected chi connectivity index (χ3v) is 6.22. The number of carbonyl (C=O) groups excluding carboxylic acids is 1. The van der Waals surface area contributed by atoms with Gasteiger partial charge in [0.15, 0.2) is 5.65 Å². The highest BCUT2D eigenvalue weighted by atomic mass is 32.1. The summed E-state index contributed by atoms with van der Waals surface area (Å²) >= 11 is 1.69. The number of aryl methyl sites for hydroxylation is 2. The minimum atomic E-state index is -0.0236. The monoisotopic (exact) mass is 371 g/mol. The zero-order valence-electron chi connectivity index (χ0n) is 16.1. The summed E-state index contributed by atoms with van der Waals surface area (Å²) in [5, 5.41) is 6.40. The molecule has 0 N–H and O–H groups in total. The molecular formula is C19H25N5OS. The van der Waals surface area contributed by atoms with E-state index in [2.05, 4.69) is 28.9 Å². The van der Waals surface area contributed by atoms with Crippen LogP contribution < -0.4 is 0 Å². The number of carbonyl (C=O) groups is 1. The van der Waals surface area contributed by atoms with E-state index in [0.717, 1.165) is 32.2 Å². The summed E-state index contributed by atoms with van der Waals surface area (Å²) in [6, 6.07) is 2.00. The van der Waals surface area contributed by atoms with Gasteiger partial charge in [0.05, 0.1) is 22.9 Å². The van der Waals surface area contributed by atoms with Crippen molar-refractivity contribution >= 4 is 28.3 Å². The molecule has 0 radical (unpaired) electrons. The van der Waals surface area contributed by atoms with Crippen molar-refractivity contribution in [2.24, 2.45) is 0 Å². The Bertz CT molecular complexity index is 943. The molecule has 3 heterocycles. The van der Waals surface area contributed by atoms with Crippen LogP contribution in [0.2, 0.25) is 0 Å². The van der Waals surface area contributed by atoms with E-state index in [-0.39, 0.29) is 18.5 Å². The molecular weight excluding hydrogens is 346 g/mol. The topological polar surface area (TPSA) is 63.9 Å². The van der Waals surface area contributed by atoms with Crippen LogP contribution in [0.15, 0.2) is 18.5 Å². The zero-order chi connectivity index (χ0) is 19.0. The van der Waals surface area contributed by atoms with Crippen LogP contribution >= 0.6 is 11.3 Å². The standard InChI is InChI=1S/C19H25N5OS/c1-11(2)19-22-13(4)17(26-19)14(5)23(6)16(25)10-24-18-15(9-21-24)7-12(3)8-20-18/h7-9,11,14H,10H2,1-6H3. The molecule has 0 aromatic carbocycles. The van der Waals surface area contributed by atoms with Gasteiger partial charge in [-0.3, -0.25) is 4.79 Å². The Hall–Kier alpha value is -2.28. The van der Waals surface area contributed by atoms with Crippen LogP contribution in [0.25, 0.3) is 11.0 Å². The molecule has 3 aromatic heterocycles. The van der Waals surface area contributed by atoms with Crippen LogP contribution in [0.1, 0.15) is 53.9 Å². The predicted molar refractivity (Wildman–Crippen MR) is 104 cm³/mol.